The van der Waals surface area contributed by atoms with Gasteiger partial charge in [-0.05, 0) is 69.5 Å². The predicted octanol–water partition coefficient (Wildman–Crippen LogP) is 5.48. The fourth-order valence-corrected chi connectivity index (χ4v) is 5.58. The van der Waals surface area contributed by atoms with Gasteiger partial charge in [-0.15, -0.1) is 0 Å². The molecule has 0 saturated carbocycles. The SMILES string of the molecule is CC(C)c1ccc(N(CC(=O)N(Cc2ccccc2F)C(C)C(=O)NC(C)(C)C)S(=O)(=O)c2ccccc2)cc1. The van der Waals surface area contributed by atoms with E-state index in [1.54, 1.807) is 43.3 Å². The van der Waals surface area contributed by atoms with Gasteiger partial charge in [0.2, 0.25) is 11.8 Å². The molecule has 214 valence electrons. The molecule has 0 fully saturated rings. The Morgan fingerprint density at radius 3 is 2.00 bits per heavy atom. The molecule has 3 rings (SSSR count). The highest BCUT2D eigenvalue weighted by molar-refractivity contribution is 7.92. The second-order valence-corrected chi connectivity index (χ2v) is 13.0. The fourth-order valence-electron chi connectivity index (χ4n) is 4.14. The number of carbonyl (C=O) groups excluding carboxylic acids is 2. The summed E-state index contributed by atoms with van der Waals surface area (Å²) in [5.74, 6) is -1.38. The maximum atomic E-state index is 14.6. The molecule has 0 heterocycles. The van der Waals surface area contributed by atoms with Crippen molar-refractivity contribution in [1.29, 1.82) is 0 Å². The van der Waals surface area contributed by atoms with Crippen LogP contribution in [0.4, 0.5) is 10.1 Å². The van der Waals surface area contributed by atoms with Gasteiger partial charge in [-0.1, -0.05) is 62.4 Å². The van der Waals surface area contributed by atoms with E-state index in [0.717, 1.165) is 9.87 Å². The lowest BCUT2D eigenvalue weighted by molar-refractivity contribution is -0.140. The maximum Gasteiger partial charge on any atom is 0.264 e. The lowest BCUT2D eigenvalue weighted by Gasteiger charge is -2.33. The van der Waals surface area contributed by atoms with Crippen molar-refractivity contribution >= 4 is 27.5 Å². The van der Waals surface area contributed by atoms with Crippen molar-refractivity contribution in [2.24, 2.45) is 0 Å². The van der Waals surface area contributed by atoms with E-state index >= 15 is 0 Å². The molecule has 3 aromatic carbocycles. The summed E-state index contributed by atoms with van der Waals surface area (Å²) in [5, 5.41) is 2.85. The Hall–Kier alpha value is -3.72. The quantitative estimate of drug-likeness (QED) is 0.352. The van der Waals surface area contributed by atoms with Crippen LogP contribution in [-0.2, 0) is 26.2 Å². The van der Waals surface area contributed by atoms with E-state index < -0.39 is 45.8 Å². The van der Waals surface area contributed by atoms with Crippen LogP contribution in [0.2, 0.25) is 0 Å². The molecule has 1 unspecified atom stereocenters. The number of nitrogens with zero attached hydrogens (tertiary/aromatic N) is 2. The average Bonchev–Trinajstić information content (AvgIpc) is 2.90. The van der Waals surface area contributed by atoms with Crippen LogP contribution in [-0.4, -0.2) is 43.3 Å². The van der Waals surface area contributed by atoms with Gasteiger partial charge < -0.3 is 10.2 Å². The first kappa shape index (κ1) is 30.8. The Morgan fingerprint density at radius 1 is 0.875 bits per heavy atom. The largest absolute Gasteiger partial charge is 0.350 e. The molecule has 1 atom stereocenters. The van der Waals surface area contributed by atoms with Crippen molar-refractivity contribution < 1.29 is 22.4 Å². The zero-order valence-electron chi connectivity index (χ0n) is 23.9. The number of sulfonamides is 1. The highest BCUT2D eigenvalue weighted by Gasteiger charge is 2.33. The molecule has 3 aromatic rings. The zero-order chi connectivity index (χ0) is 29.7. The molecule has 0 aliphatic carbocycles. The number of rotatable bonds is 10. The van der Waals surface area contributed by atoms with Crippen molar-refractivity contribution in [2.45, 2.75) is 70.5 Å². The molecule has 1 N–H and O–H groups in total. The Bertz CT molecular complexity index is 1420. The summed E-state index contributed by atoms with van der Waals surface area (Å²) in [6.45, 7) is 10.3. The van der Waals surface area contributed by atoms with E-state index in [0.29, 0.717) is 5.69 Å². The Labute approximate surface area is 237 Å². The third-order valence-electron chi connectivity index (χ3n) is 6.42. The maximum absolute atomic E-state index is 14.6. The van der Waals surface area contributed by atoms with E-state index in [1.807, 2.05) is 46.8 Å². The number of nitrogens with one attached hydrogen (secondary N) is 1. The van der Waals surface area contributed by atoms with Gasteiger partial charge in [0, 0.05) is 17.6 Å². The number of hydrogen-bond donors (Lipinski definition) is 1. The molecule has 2 amide bonds. The fraction of sp³-hybridized carbons (Fsp3) is 0.355. The third-order valence-corrected chi connectivity index (χ3v) is 8.21. The van der Waals surface area contributed by atoms with Crippen LogP contribution < -0.4 is 9.62 Å². The van der Waals surface area contributed by atoms with Crippen LogP contribution >= 0.6 is 0 Å². The van der Waals surface area contributed by atoms with Crippen LogP contribution in [0, 0.1) is 5.82 Å². The summed E-state index contributed by atoms with van der Waals surface area (Å²) in [5.41, 5.74) is 0.962. The molecular formula is C31H38FN3O4S. The van der Waals surface area contributed by atoms with Gasteiger partial charge in [-0.25, -0.2) is 12.8 Å². The minimum absolute atomic E-state index is 0.0231. The summed E-state index contributed by atoms with van der Waals surface area (Å²) < 4.78 is 43.3. The van der Waals surface area contributed by atoms with Gasteiger partial charge in [-0.2, -0.15) is 0 Å². The molecule has 7 nitrogen and oxygen atoms in total. The predicted molar refractivity (Wildman–Crippen MR) is 156 cm³/mol. The van der Waals surface area contributed by atoms with Crippen LogP contribution in [0.1, 0.15) is 58.6 Å². The van der Waals surface area contributed by atoms with Crippen molar-refractivity contribution in [3.63, 3.8) is 0 Å². The van der Waals surface area contributed by atoms with Crippen LogP contribution in [0.15, 0.2) is 83.8 Å². The lowest BCUT2D eigenvalue weighted by atomic mass is 10.0. The van der Waals surface area contributed by atoms with E-state index in [1.165, 1.54) is 35.2 Å². The van der Waals surface area contributed by atoms with Crippen molar-refractivity contribution in [3.8, 4) is 0 Å². The summed E-state index contributed by atoms with van der Waals surface area (Å²) in [6.07, 6.45) is 0. The molecule has 0 bridgehead atoms. The Kier molecular flexibility index (Phi) is 9.73. The first-order valence-electron chi connectivity index (χ1n) is 13.2. The molecule has 0 aliphatic rings. The van der Waals surface area contributed by atoms with Crippen molar-refractivity contribution in [3.05, 3.63) is 95.8 Å². The topological polar surface area (TPSA) is 86.8 Å². The monoisotopic (exact) mass is 567 g/mol. The summed E-state index contributed by atoms with van der Waals surface area (Å²) in [4.78, 5) is 28.3. The second kappa shape index (κ2) is 12.6. The molecule has 40 heavy (non-hydrogen) atoms. The molecule has 9 heteroatoms. The highest BCUT2D eigenvalue weighted by Crippen LogP contribution is 2.27. The number of hydrogen-bond acceptors (Lipinski definition) is 4. The van der Waals surface area contributed by atoms with Crippen molar-refractivity contribution in [1.82, 2.24) is 10.2 Å². The minimum Gasteiger partial charge on any atom is -0.350 e. The van der Waals surface area contributed by atoms with E-state index in [4.69, 9.17) is 0 Å². The number of carbonyl (C=O) groups is 2. The van der Waals surface area contributed by atoms with Gasteiger partial charge in [0.1, 0.15) is 18.4 Å². The molecule has 0 aliphatic heterocycles. The molecule has 0 aromatic heterocycles. The first-order valence-corrected chi connectivity index (χ1v) is 14.7. The first-order chi connectivity index (χ1) is 18.7. The standard InChI is InChI=1S/C31H38FN3O4S/c1-22(2)24-16-18-26(19-17-24)35(40(38,39)27-13-8-7-9-14-27)21-29(36)34(20-25-12-10-11-15-28(25)32)23(3)30(37)33-31(4,5)6/h7-19,22-23H,20-21H2,1-6H3,(H,33,37). The van der Waals surface area contributed by atoms with Gasteiger partial charge in [0.25, 0.3) is 10.0 Å². The molecular weight excluding hydrogens is 529 g/mol. The van der Waals surface area contributed by atoms with Gasteiger partial charge >= 0.3 is 0 Å². The highest BCUT2D eigenvalue weighted by atomic mass is 32.2. The summed E-state index contributed by atoms with van der Waals surface area (Å²) in [7, 11) is -4.16. The average molecular weight is 568 g/mol. The van der Waals surface area contributed by atoms with Gasteiger partial charge in [0.15, 0.2) is 0 Å². The second-order valence-electron chi connectivity index (χ2n) is 11.1. The van der Waals surface area contributed by atoms with E-state index in [2.05, 4.69) is 5.32 Å². The van der Waals surface area contributed by atoms with E-state index in [-0.39, 0.29) is 22.9 Å². The Balaban J connectivity index is 2.05. The van der Waals surface area contributed by atoms with Gasteiger partial charge in [-0.3, -0.25) is 13.9 Å². The number of amides is 2. The number of anilines is 1. The van der Waals surface area contributed by atoms with Crippen LogP contribution in [0.25, 0.3) is 0 Å². The molecule has 0 radical (unpaired) electrons. The summed E-state index contributed by atoms with van der Waals surface area (Å²) >= 11 is 0. The number of halogens is 1. The van der Waals surface area contributed by atoms with Crippen molar-refractivity contribution in [2.75, 3.05) is 10.8 Å². The smallest absolute Gasteiger partial charge is 0.264 e. The third kappa shape index (κ3) is 7.69. The Morgan fingerprint density at radius 2 is 1.45 bits per heavy atom. The van der Waals surface area contributed by atoms with E-state index in [9.17, 15) is 22.4 Å². The number of benzene rings is 3. The van der Waals surface area contributed by atoms with Crippen LogP contribution in [0.5, 0.6) is 0 Å². The van der Waals surface area contributed by atoms with Gasteiger partial charge in [0.05, 0.1) is 10.6 Å². The normalized spacial score (nSPS) is 12.6. The molecule has 0 saturated heterocycles. The zero-order valence-corrected chi connectivity index (χ0v) is 24.7. The minimum atomic E-state index is -4.16. The molecule has 0 spiro atoms. The van der Waals surface area contributed by atoms with Crippen LogP contribution in [0.3, 0.4) is 0 Å². The lowest BCUT2D eigenvalue weighted by Crippen LogP contribution is -2.54. The summed E-state index contributed by atoms with van der Waals surface area (Å²) in [6, 6.07) is 19.8.